The van der Waals surface area contributed by atoms with E-state index in [1.807, 2.05) is 0 Å². The van der Waals surface area contributed by atoms with Crippen LogP contribution in [0.1, 0.15) is 32.6 Å². The van der Waals surface area contributed by atoms with Crippen LogP contribution >= 0.6 is 0 Å². The van der Waals surface area contributed by atoms with Gasteiger partial charge in [0.1, 0.15) is 13.6 Å². The lowest BCUT2D eigenvalue weighted by molar-refractivity contribution is -0.504. The predicted octanol–water partition coefficient (Wildman–Crippen LogP) is 1.66. The monoisotopic (exact) mass is 126 g/mol. The number of rotatable bonds is 1. The Morgan fingerprint density at radius 3 is 2.67 bits per heavy atom. The van der Waals surface area contributed by atoms with E-state index in [0.717, 1.165) is 0 Å². The van der Waals surface area contributed by atoms with E-state index < -0.39 is 0 Å². The molecule has 0 aliphatic carbocycles. The largest absolute Gasteiger partial charge is 0.240 e. The highest BCUT2D eigenvalue weighted by molar-refractivity contribution is 5.79. The molecule has 0 saturated heterocycles. The predicted molar refractivity (Wildman–Crippen MR) is 40.2 cm³/mol. The van der Waals surface area contributed by atoms with Crippen LogP contribution in [0.2, 0.25) is 0 Å². The van der Waals surface area contributed by atoms with E-state index in [2.05, 4.69) is 18.5 Å². The molecule has 0 aromatic carbocycles. The summed E-state index contributed by atoms with van der Waals surface area (Å²) in [5, 5.41) is 0. The van der Waals surface area contributed by atoms with Gasteiger partial charge in [-0.2, -0.15) is 0 Å². The van der Waals surface area contributed by atoms with E-state index >= 15 is 0 Å². The Morgan fingerprint density at radius 1 is 1.44 bits per heavy atom. The standard InChI is InChI=1S/C8H16N/c1-3-8-6-4-5-7-9(8)2/h3-7H2,1-2H3/q+1. The zero-order valence-electron chi connectivity index (χ0n) is 6.48. The molecule has 1 rings (SSSR count). The zero-order valence-corrected chi connectivity index (χ0v) is 6.48. The first kappa shape index (κ1) is 6.79. The highest BCUT2D eigenvalue weighted by Crippen LogP contribution is 2.06. The van der Waals surface area contributed by atoms with Gasteiger partial charge in [-0.25, -0.2) is 4.58 Å². The minimum absolute atomic E-state index is 1.25. The fourth-order valence-electron chi connectivity index (χ4n) is 1.47. The van der Waals surface area contributed by atoms with Gasteiger partial charge >= 0.3 is 0 Å². The second kappa shape index (κ2) is 3.00. The SMILES string of the molecule is CCC1=[N+](C)CCCC1. The molecule has 1 heterocycles. The molecule has 0 spiro atoms. The summed E-state index contributed by atoms with van der Waals surface area (Å²) in [4.78, 5) is 0. The molecule has 52 valence electrons. The summed E-state index contributed by atoms with van der Waals surface area (Å²) in [7, 11) is 2.21. The number of hydrogen-bond acceptors (Lipinski definition) is 0. The van der Waals surface area contributed by atoms with Crippen molar-refractivity contribution in [2.24, 2.45) is 0 Å². The van der Waals surface area contributed by atoms with Crippen molar-refractivity contribution >= 4 is 5.71 Å². The lowest BCUT2D eigenvalue weighted by atomic mass is 10.1. The van der Waals surface area contributed by atoms with E-state index in [1.54, 1.807) is 5.71 Å². The Hall–Kier alpha value is -0.330. The smallest absolute Gasteiger partial charge is 0.151 e. The normalized spacial score (nSPS) is 20.7. The summed E-state index contributed by atoms with van der Waals surface area (Å²) >= 11 is 0. The van der Waals surface area contributed by atoms with E-state index in [9.17, 15) is 0 Å². The molecule has 1 aliphatic rings. The first-order valence-corrected chi connectivity index (χ1v) is 3.90. The molecule has 0 radical (unpaired) electrons. The Labute approximate surface area is 57.4 Å². The molecular weight excluding hydrogens is 110 g/mol. The molecule has 0 atom stereocenters. The fourth-order valence-corrected chi connectivity index (χ4v) is 1.47. The molecule has 0 aromatic rings. The van der Waals surface area contributed by atoms with E-state index in [1.165, 1.54) is 32.2 Å². The van der Waals surface area contributed by atoms with E-state index in [4.69, 9.17) is 0 Å². The first-order chi connectivity index (χ1) is 4.34. The third-order valence-electron chi connectivity index (χ3n) is 2.16. The molecule has 0 bridgehead atoms. The van der Waals surface area contributed by atoms with Crippen molar-refractivity contribution < 1.29 is 4.58 Å². The number of hydrogen-bond donors (Lipinski definition) is 0. The van der Waals surface area contributed by atoms with Gasteiger partial charge in [0.05, 0.1) is 0 Å². The highest BCUT2D eigenvalue weighted by Gasteiger charge is 2.12. The van der Waals surface area contributed by atoms with Crippen molar-refractivity contribution in [3.8, 4) is 0 Å². The molecule has 0 saturated carbocycles. The highest BCUT2D eigenvalue weighted by atomic mass is 15.0. The second-order valence-corrected chi connectivity index (χ2v) is 2.80. The maximum atomic E-state index is 2.41. The Kier molecular flexibility index (Phi) is 2.26. The average molecular weight is 126 g/mol. The summed E-state index contributed by atoms with van der Waals surface area (Å²) in [5.41, 5.74) is 1.64. The van der Waals surface area contributed by atoms with Crippen LogP contribution in [-0.2, 0) is 0 Å². The summed E-state index contributed by atoms with van der Waals surface area (Å²) < 4.78 is 2.41. The zero-order chi connectivity index (χ0) is 6.69. The van der Waals surface area contributed by atoms with Crippen LogP contribution < -0.4 is 0 Å². The summed E-state index contributed by atoms with van der Waals surface area (Å²) in [6.45, 7) is 3.53. The van der Waals surface area contributed by atoms with Crippen molar-refractivity contribution in [2.45, 2.75) is 32.6 Å². The van der Waals surface area contributed by atoms with E-state index in [-0.39, 0.29) is 0 Å². The Morgan fingerprint density at radius 2 is 2.22 bits per heavy atom. The number of nitrogens with zero attached hydrogens (tertiary/aromatic N) is 1. The van der Waals surface area contributed by atoms with Crippen molar-refractivity contribution in [3.05, 3.63) is 0 Å². The molecule has 9 heavy (non-hydrogen) atoms. The lowest BCUT2D eigenvalue weighted by Gasteiger charge is -2.09. The molecule has 0 amide bonds. The quantitative estimate of drug-likeness (QED) is 0.470. The van der Waals surface area contributed by atoms with Crippen LogP contribution in [0.5, 0.6) is 0 Å². The van der Waals surface area contributed by atoms with Crippen molar-refractivity contribution in [1.82, 2.24) is 0 Å². The average Bonchev–Trinajstić information content (AvgIpc) is 1.89. The first-order valence-electron chi connectivity index (χ1n) is 3.90. The topological polar surface area (TPSA) is 3.01 Å². The lowest BCUT2D eigenvalue weighted by Crippen LogP contribution is -2.22. The molecular formula is C8H16N+. The maximum absolute atomic E-state index is 2.41. The van der Waals surface area contributed by atoms with Crippen LogP contribution in [0.15, 0.2) is 0 Å². The minimum Gasteiger partial charge on any atom is -0.240 e. The fraction of sp³-hybridized carbons (Fsp3) is 0.875. The maximum Gasteiger partial charge on any atom is 0.151 e. The van der Waals surface area contributed by atoms with Gasteiger partial charge < -0.3 is 0 Å². The third-order valence-corrected chi connectivity index (χ3v) is 2.16. The molecule has 1 nitrogen and oxygen atoms in total. The van der Waals surface area contributed by atoms with Gasteiger partial charge in [0.15, 0.2) is 5.71 Å². The van der Waals surface area contributed by atoms with E-state index in [0.29, 0.717) is 0 Å². The van der Waals surface area contributed by atoms with Crippen molar-refractivity contribution in [1.29, 1.82) is 0 Å². The molecule has 0 fully saturated rings. The van der Waals surface area contributed by atoms with Crippen LogP contribution in [0, 0.1) is 0 Å². The van der Waals surface area contributed by atoms with Gasteiger partial charge in [-0.05, 0) is 6.42 Å². The van der Waals surface area contributed by atoms with Gasteiger partial charge in [0, 0.05) is 19.3 Å². The molecule has 0 aromatic heterocycles. The minimum atomic E-state index is 1.25. The summed E-state index contributed by atoms with van der Waals surface area (Å²) in [6, 6.07) is 0. The molecule has 1 heteroatoms. The summed E-state index contributed by atoms with van der Waals surface area (Å²) in [6.07, 6.45) is 5.39. The summed E-state index contributed by atoms with van der Waals surface area (Å²) in [5.74, 6) is 0. The molecule has 1 aliphatic heterocycles. The van der Waals surface area contributed by atoms with Gasteiger partial charge in [0.25, 0.3) is 0 Å². The molecule has 0 unspecified atom stereocenters. The molecule has 0 N–H and O–H groups in total. The van der Waals surface area contributed by atoms with Gasteiger partial charge in [-0.15, -0.1) is 0 Å². The Bertz CT molecular complexity index is 125. The second-order valence-electron chi connectivity index (χ2n) is 2.80. The van der Waals surface area contributed by atoms with Crippen LogP contribution in [0.3, 0.4) is 0 Å². The Balaban J connectivity index is 2.59. The van der Waals surface area contributed by atoms with Crippen LogP contribution in [0.4, 0.5) is 0 Å². The van der Waals surface area contributed by atoms with Crippen LogP contribution in [-0.4, -0.2) is 23.9 Å². The van der Waals surface area contributed by atoms with Crippen LogP contribution in [0.25, 0.3) is 0 Å². The third kappa shape index (κ3) is 1.54. The van der Waals surface area contributed by atoms with Crippen molar-refractivity contribution in [2.75, 3.05) is 13.6 Å². The van der Waals surface area contributed by atoms with Gasteiger partial charge in [-0.1, -0.05) is 6.92 Å². The van der Waals surface area contributed by atoms with Gasteiger partial charge in [-0.3, -0.25) is 0 Å². The van der Waals surface area contributed by atoms with Gasteiger partial charge in [0.2, 0.25) is 0 Å². The van der Waals surface area contributed by atoms with Crippen molar-refractivity contribution in [3.63, 3.8) is 0 Å².